The zero-order valence-corrected chi connectivity index (χ0v) is 17.0. The van der Waals surface area contributed by atoms with E-state index in [2.05, 4.69) is 10.6 Å². The maximum absolute atomic E-state index is 12.2. The number of benzene rings is 2. The summed E-state index contributed by atoms with van der Waals surface area (Å²) in [5.74, 6) is -0.0192. The van der Waals surface area contributed by atoms with E-state index >= 15 is 0 Å². The molecular weight excluding hydrogens is 352 g/mol. The second-order valence-electron chi connectivity index (χ2n) is 7.47. The number of nitrogens with one attached hydrogen (secondary N) is 2. The molecule has 148 valence electrons. The highest BCUT2D eigenvalue weighted by Gasteiger charge is 2.12. The Bertz CT molecular complexity index is 855. The number of aryl methyl sites for hydroxylation is 2. The second kappa shape index (κ2) is 9.83. The highest BCUT2D eigenvalue weighted by molar-refractivity contribution is 6.00. The van der Waals surface area contributed by atoms with Gasteiger partial charge in [0, 0.05) is 36.2 Å². The molecule has 0 aliphatic carbocycles. The SMILES string of the molecule is Cc1ccc(C(=O)CCC(=O)Nc2ccc(C(=O)NCC(C)C)cc2C)cc1. The minimum absolute atomic E-state index is 0.0518. The number of Topliss-reactive ketones (excluding diaryl/α,β-unsaturated/α-hetero) is 1. The minimum atomic E-state index is -0.222. The number of rotatable bonds is 8. The first kappa shape index (κ1) is 21.4. The summed E-state index contributed by atoms with van der Waals surface area (Å²) in [4.78, 5) is 36.5. The molecular formula is C23H28N2O3. The van der Waals surface area contributed by atoms with E-state index in [4.69, 9.17) is 0 Å². The predicted molar refractivity (Wildman–Crippen MR) is 112 cm³/mol. The van der Waals surface area contributed by atoms with E-state index in [0.29, 0.717) is 29.3 Å². The fourth-order valence-corrected chi connectivity index (χ4v) is 2.67. The molecule has 0 aromatic heterocycles. The molecule has 0 bridgehead atoms. The Hall–Kier alpha value is -2.95. The number of amides is 2. The molecule has 0 fully saturated rings. The number of carbonyl (C=O) groups excluding carboxylic acids is 3. The molecule has 2 N–H and O–H groups in total. The first-order valence-electron chi connectivity index (χ1n) is 9.55. The molecule has 0 saturated heterocycles. The van der Waals surface area contributed by atoms with Gasteiger partial charge in [-0.25, -0.2) is 0 Å². The molecule has 28 heavy (non-hydrogen) atoms. The molecule has 2 aromatic rings. The summed E-state index contributed by atoms with van der Waals surface area (Å²) in [5, 5.41) is 5.69. The normalized spacial score (nSPS) is 10.6. The van der Waals surface area contributed by atoms with Crippen LogP contribution in [0, 0.1) is 19.8 Å². The van der Waals surface area contributed by atoms with Gasteiger partial charge in [-0.3, -0.25) is 14.4 Å². The fraction of sp³-hybridized carbons (Fsp3) is 0.348. The van der Waals surface area contributed by atoms with Gasteiger partial charge in [-0.1, -0.05) is 43.7 Å². The number of ketones is 1. The molecule has 5 nitrogen and oxygen atoms in total. The Labute approximate surface area is 166 Å². The number of hydrogen-bond acceptors (Lipinski definition) is 3. The van der Waals surface area contributed by atoms with E-state index < -0.39 is 0 Å². The van der Waals surface area contributed by atoms with Crippen molar-refractivity contribution >= 4 is 23.3 Å². The van der Waals surface area contributed by atoms with Gasteiger partial charge in [0.25, 0.3) is 5.91 Å². The summed E-state index contributed by atoms with van der Waals surface area (Å²) in [6, 6.07) is 12.5. The third-order valence-corrected chi connectivity index (χ3v) is 4.39. The molecule has 0 aliphatic rings. The van der Waals surface area contributed by atoms with E-state index in [9.17, 15) is 14.4 Å². The van der Waals surface area contributed by atoms with Crippen molar-refractivity contribution in [3.63, 3.8) is 0 Å². The van der Waals surface area contributed by atoms with Gasteiger partial charge in [0.2, 0.25) is 5.91 Å². The van der Waals surface area contributed by atoms with Crippen LogP contribution in [0.25, 0.3) is 0 Å². The average Bonchev–Trinajstić information content (AvgIpc) is 2.66. The monoisotopic (exact) mass is 380 g/mol. The minimum Gasteiger partial charge on any atom is -0.352 e. The Morgan fingerprint density at radius 2 is 1.54 bits per heavy atom. The van der Waals surface area contributed by atoms with Crippen molar-refractivity contribution in [3.8, 4) is 0 Å². The Balaban J connectivity index is 1.90. The maximum Gasteiger partial charge on any atom is 0.251 e. The molecule has 5 heteroatoms. The van der Waals surface area contributed by atoms with Crippen molar-refractivity contribution in [1.82, 2.24) is 5.32 Å². The summed E-state index contributed by atoms with van der Waals surface area (Å²) in [5.41, 5.74) is 3.71. The number of anilines is 1. The van der Waals surface area contributed by atoms with Gasteiger partial charge >= 0.3 is 0 Å². The third kappa shape index (κ3) is 6.34. The van der Waals surface area contributed by atoms with Crippen LogP contribution in [0.5, 0.6) is 0 Å². The van der Waals surface area contributed by atoms with Crippen LogP contribution in [0.15, 0.2) is 42.5 Å². The molecule has 2 aromatic carbocycles. The smallest absolute Gasteiger partial charge is 0.251 e. The van der Waals surface area contributed by atoms with E-state index in [1.54, 1.807) is 30.3 Å². The van der Waals surface area contributed by atoms with Crippen LogP contribution in [0.2, 0.25) is 0 Å². The van der Waals surface area contributed by atoms with Gasteiger partial charge < -0.3 is 10.6 Å². The van der Waals surface area contributed by atoms with Crippen LogP contribution >= 0.6 is 0 Å². The zero-order valence-electron chi connectivity index (χ0n) is 17.0. The lowest BCUT2D eigenvalue weighted by Gasteiger charge is -2.11. The van der Waals surface area contributed by atoms with Gasteiger partial charge in [0.1, 0.15) is 0 Å². The Morgan fingerprint density at radius 3 is 2.14 bits per heavy atom. The van der Waals surface area contributed by atoms with Crippen LogP contribution in [-0.4, -0.2) is 24.1 Å². The van der Waals surface area contributed by atoms with E-state index in [1.807, 2.05) is 39.8 Å². The van der Waals surface area contributed by atoms with Crippen molar-refractivity contribution < 1.29 is 14.4 Å². The number of hydrogen-bond donors (Lipinski definition) is 2. The molecule has 0 atom stereocenters. The Morgan fingerprint density at radius 1 is 0.893 bits per heavy atom. The molecule has 2 amide bonds. The summed E-state index contributed by atoms with van der Waals surface area (Å²) in [6.07, 6.45) is 0.270. The second-order valence-corrected chi connectivity index (χ2v) is 7.47. The lowest BCUT2D eigenvalue weighted by atomic mass is 10.0. The van der Waals surface area contributed by atoms with Crippen molar-refractivity contribution in [1.29, 1.82) is 0 Å². The highest BCUT2D eigenvalue weighted by atomic mass is 16.2. The number of carbonyl (C=O) groups is 3. The van der Waals surface area contributed by atoms with E-state index in [1.165, 1.54) is 0 Å². The standard InChI is InChI=1S/C23H28N2O3/c1-15(2)14-24-23(28)19-9-10-20(17(4)13-19)25-22(27)12-11-21(26)18-7-5-16(3)6-8-18/h5-10,13,15H,11-12,14H2,1-4H3,(H,24,28)(H,25,27). The van der Waals surface area contributed by atoms with Crippen molar-refractivity contribution in [2.75, 3.05) is 11.9 Å². The van der Waals surface area contributed by atoms with E-state index in [-0.39, 0.29) is 30.4 Å². The summed E-state index contributed by atoms with van der Waals surface area (Å²) < 4.78 is 0. The molecule has 0 radical (unpaired) electrons. The van der Waals surface area contributed by atoms with E-state index in [0.717, 1.165) is 11.1 Å². The molecule has 2 rings (SSSR count). The predicted octanol–water partition coefficient (Wildman–Crippen LogP) is 4.29. The summed E-state index contributed by atoms with van der Waals surface area (Å²) in [6.45, 7) is 8.49. The topological polar surface area (TPSA) is 75.3 Å². The van der Waals surface area contributed by atoms with Gasteiger partial charge in [0.05, 0.1) is 0 Å². The van der Waals surface area contributed by atoms with Gasteiger partial charge in [-0.05, 0) is 43.5 Å². The van der Waals surface area contributed by atoms with Crippen molar-refractivity contribution in [2.45, 2.75) is 40.5 Å². The maximum atomic E-state index is 12.2. The molecule has 0 spiro atoms. The van der Waals surface area contributed by atoms with Crippen molar-refractivity contribution in [2.24, 2.45) is 5.92 Å². The first-order valence-corrected chi connectivity index (χ1v) is 9.55. The average molecular weight is 380 g/mol. The lowest BCUT2D eigenvalue weighted by Crippen LogP contribution is -2.27. The fourth-order valence-electron chi connectivity index (χ4n) is 2.67. The molecule has 0 saturated carbocycles. The largest absolute Gasteiger partial charge is 0.352 e. The molecule has 0 heterocycles. The quantitative estimate of drug-likeness (QED) is 0.671. The van der Waals surface area contributed by atoms with Gasteiger partial charge in [0.15, 0.2) is 5.78 Å². The zero-order chi connectivity index (χ0) is 20.7. The van der Waals surface area contributed by atoms with Gasteiger partial charge in [-0.15, -0.1) is 0 Å². The van der Waals surface area contributed by atoms with Crippen LogP contribution < -0.4 is 10.6 Å². The molecule has 0 aliphatic heterocycles. The van der Waals surface area contributed by atoms with Crippen molar-refractivity contribution in [3.05, 3.63) is 64.7 Å². The first-order chi connectivity index (χ1) is 13.3. The van der Waals surface area contributed by atoms with Crippen LogP contribution in [0.1, 0.15) is 58.5 Å². The highest BCUT2D eigenvalue weighted by Crippen LogP contribution is 2.17. The summed E-state index contributed by atoms with van der Waals surface area (Å²) in [7, 11) is 0. The van der Waals surface area contributed by atoms with Gasteiger partial charge in [-0.2, -0.15) is 0 Å². The Kier molecular flexibility index (Phi) is 7.50. The molecule has 0 unspecified atom stereocenters. The summed E-state index contributed by atoms with van der Waals surface area (Å²) >= 11 is 0. The van der Waals surface area contributed by atoms with Crippen LogP contribution in [0.4, 0.5) is 5.69 Å². The lowest BCUT2D eigenvalue weighted by molar-refractivity contribution is -0.116. The van der Waals surface area contributed by atoms with Crippen LogP contribution in [-0.2, 0) is 4.79 Å². The van der Waals surface area contributed by atoms with Crippen LogP contribution in [0.3, 0.4) is 0 Å². The third-order valence-electron chi connectivity index (χ3n) is 4.39.